The number of fused-ring (bicyclic) bond motifs is 1. The zero-order valence-corrected chi connectivity index (χ0v) is 17.8. The second-order valence-electron chi connectivity index (χ2n) is 7.33. The number of carbonyl (C=O) groups is 1. The summed E-state index contributed by atoms with van der Waals surface area (Å²) in [6.45, 7) is 4.79. The van der Waals surface area contributed by atoms with Crippen molar-refractivity contribution in [2.45, 2.75) is 26.3 Å². The number of Topliss-reactive ketones (excluding diaryl/α,β-unsaturated/α-hetero) is 1. The van der Waals surface area contributed by atoms with Crippen molar-refractivity contribution in [3.05, 3.63) is 69.6 Å². The van der Waals surface area contributed by atoms with E-state index in [1.54, 1.807) is 13.3 Å². The topological polar surface area (TPSA) is 94.2 Å². The van der Waals surface area contributed by atoms with Crippen LogP contribution in [0.5, 0.6) is 5.75 Å². The zero-order valence-electron chi connectivity index (χ0n) is 17.0. The van der Waals surface area contributed by atoms with Gasteiger partial charge in [-0.3, -0.25) is 9.78 Å². The summed E-state index contributed by atoms with van der Waals surface area (Å²) >= 11 is 6.35. The highest BCUT2D eigenvalue weighted by Gasteiger charge is 2.37. The molecule has 30 heavy (non-hydrogen) atoms. The van der Waals surface area contributed by atoms with Gasteiger partial charge < -0.3 is 15.4 Å². The number of carbonyl (C=O) groups excluding carboxylic acids is 1. The van der Waals surface area contributed by atoms with Crippen LogP contribution in [-0.2, 0) is 6.54 Å². The Balaban J connectivity index is 1.81. The number of hydrogen-bond acceptors (Lipinski definition) is 7. The van der Waals surface area contributed by atoms with E-state index in [-0.39, 0.29) is 16.9 Å². The summed E-state index contributed by atoms with van der Waals surface area (Å²) in [7, 11) is 1.65. The number of methoxy groups -OCH3 is 1. The summed E-state index contributed by atoms with van der Waals surface area (Å²) in [5, 5.41) is 0.0688. The van der Waals surface area contributed by atoms with Crippen LogP contribution in [0.4, 0.5) is 11.8 Å². The fourth-order valence-electron chi connectivity index (χ4n) is 3.94. The molecule has 0 aliphatic carbocycles. The highest BCUT2D eigenvalue weighted by molar-refractivity contribution is 6.34. The summed E-state index contributed by atoms with van der Waals surface area (Å²) in [5.74, 6) is 0.763. The van der Waals surface area contributed by atoms with Crippen LogP contribution in [0, 0.1) is 13.8 Å². The Kier molecular flexibility index (Phi) is 5.30. The van der Waals surface area contributed by atoms with Gasteiger partial charge in [0.15, 0.2) is 5.78 Å². The molecular weight excluding hydrogens is 402 g/mol. The minimum absolute atomic E-state index is 0.0286. The average Bonchev–Trinajstić information content (AvgIpc) is 2.72. The van der Waals surface area contributed by atoms with Crippen LogP contribution in [0.2, 0.25) is 5.15 Å². The lowest BCUT2D eigenvalue weighted by molar-refractivity contribution is 0.0954. The Morgan fingerprint density at radius 2 is 1.97 bits per heavy atom. The van der Waals surface area contributed by atoms with Crippen LogP contribution in [0.3, 0.4) is 0 Å². The molecule has 1 aromatic carbocycles. The van der Waals surface area contributed by atoms with Gasteiger partial charge in [0.1, 0.15) is 16.7 Å². The predicted octanol–water partition coefficient (Wildman–Crippen LogP) is 3.72. The third kappa shape index (κ3) is 3.45. The number of halogens is 1. The van der Waals surface area contributed by atoms with Gasteiger partial charge in [-0.05, 0) is 19.4 Å². The summed E-state index contributed by atoms with van der Waals surface area (Å²) in [4.78, 5) is 28.2. The van der Waals surface area contributed by atoms with Gasteiger partial charge in [-0.15, -0.1) is 0 Å². The molecule has 0 fully saturated rings. The number of ether oxygens (including phenoxy) is 1. The summed E-state index contributed by atoms with van der Waals surface area (Å²) in [5.41, 5.74) is 9.79. The molecule has 1 unspecified atom stereocenters. The molecule has 1 aliphatic rings. The van der Waals surface area contributed by atoms with Crippen molar-refractivity contribution in [3.8, 4) is 5.75 Å². The quantitative estimate of drug-likeness (QED) is 0.639. The minimum Gasteiger partial charge on any atom is -0.496 e. The molecular formula is C22H22ClN5O2. The smallest absolute Gasteiger partial charge is 0.223 e. The summed E-state index contributed by atoms with van der Waals surface area (Å²) in [6, 6.07) is 9.64. The van der Waals surface area contributed by atoms with Crippen molar-refractivity contribution >= 4 is 29.2 Å². The van der Waals surface area contributed by atoms with Crippen LogP contribution in [0.25, 0.3) is 0 Å². The molecule has 2 aromatic heterocycles. The normalized spacial score (nSPS) is 15.8. The van der Waals surface area contributed by atoms with Crippen molar-refractivity contribution in [2.75, 3.05) is 24.3 Å². The molecule has 0 amide bonds. The maximum atomic E-state index is 13.3. The first kappa shape index (κ1) is 20.1. The fraction of sp³-hybridized carbons (Fsp3) is 0.273. The molecule has 1 aliphatic heterocycles. The molecule has 8 heteroatoms. The van der Waals surface area contributed by atoms with Gasteiger partial charge >= 0.3 is 0 Å². The van der Waals surface area contributed by atoms with Gasteiger partial charge in [0.05, 0.1) is 30.8 Å². The number of aromatic nitrogens is 3. The van der Waals surface area contributed by atoms with Crippen molar-refractivity contribution < 1.29 is 9.53 Å². The predicted molar refractivity (Wildman–Crippen MR) is 116 cm³/mol. The van der Waals surface area contributed by atoms with Gasteiger partial charge in [-0.2, -0.15) is 4.98 Å². The molecule has 0 spiro atoms. The van der Waals surface area contributed by atoms with Crippen LogP contribution in [0.15, 0.2) is 36.5 Å². The molecule has 0 radical (unpaired) electrons. The van der Waals surface area contributed by atoms with Gasteiger partial charge in [0, 0.05) is 23.9 Å². The standard InChI is InChI=1S/C22H22ClN5O2/c1-12-9-25-16(13(2)19(12)30-3)11-28-10-15(14-7-5-4-6-8-14)18(29)17-20(23)26-22(24)27-21(17)28/h4-9,15H,10-11H2,1-3H3,(H2,24,26,27). The molecule has 0 saturated carbocycles. The van der Waals surface area contributed by atoms with Crippen molar-refractivity contribution in [3.63, 3.8) is 0 Å². The zero-order chi connectivity index (χ0) is 21.4. The molecule has 154 valence electrons. The Hall–Kier alpha value is -3.19. The Morgan fingerprint density at radius 3 is 2.67 bits per heavy atom. The monoisotopic (exact) mass is 423 g/mol. The third-order valence-electron chi connectivity index (χ3n) is 5.42. The van der Waals surface area contributed by atoms with Gasteiger partial charge in [-0.1, -0.05) is 41.9 Å². The number of benzene rings is 1. The van der Waals surface area contributed by atoms with Crippen LogP contribution in [0.1, 0.15) is 38.7 Å². The number of nitrogen functional groups attached to an aromatic ring is 1. The first-order chi connectivity index (χ1) is 14.4. The Morgan fingerprint density at radius 1 is 1.23 bits per heavy atom. The number of ketones is 1. The maximum Gasteiger partial charge on any atom is 0.223 e. The molecule has 0 bridgehead atoms. The molecule has 2 N–H and O–H groups in total. The van der Waals surface area contributed by atoms with E-state index in [0.717, 1.165) is 28.1 Å². The Bertz CT molecular complexity index is 1120. The molecule has 7 nitrogen and oxygen atoms in total. The van der Waals surface area contributed by atoms with E-state index in [9.17, 15) is 4.79 Å². The second-order valence-corrected chi connectivity index (χ2v) is 7.68. The summed E-state index contributed by atoms with van der Waals surface area (Å²) in [6.07, 6.45) is 1.78. The van der Waals surface area contributed by atoms with Gasteiger partial charge in [-0.25, -0.2) is 4.98 Å². The maximum absolute atomic E-state index is 13.3. The van der Waals surface area contributed by atoms with E-state index in [2.05, 4.69) is 15.0 Å². The lowest BCUT2D eigenvalue weighted by atomic mass is 9.87. The van der Waals surface area contributed by atoms with Gasteiger partial charge in [0.2, 0.25) is 5.95 Å². The van der Waals surface area contributed by atoms with E-state index in [4.69, 9.17) is 22.1 Å². The second kappa shape index (κ2) is 7.91. The number of nitrogens with zero attached hydrogens (tertiary/aromatic N) is 4. The fourth-order valence-corrected chi connectivity index (χ4v) is 4.20. The number of aryl methyl sites for hydroxylation is 1. The van der Waals surface area contributed by atoms with Crippen LogP contribution in [-0.4, -0.2) is 34.4 Å². The lowest BCUT2D eigenvalue weighted by Crippen LogP contribution is -2.39. The Labute approximate surface area is 179 Å². The first-order valence-corrected chi connectivity index (χ1v) is 9.94. The molecule has 0 saturated heterocycles. The van der Waals surface area contributed by atoms with Crippen molar-refractivity contribution in [1.29, 1.82) is 0 Å². The molecule has 3 heterocycles. The van der Waals surface area contributed by atoms with Crippen molar-refractivity contribution in [1.82, 2.24) is 15.0 Å². The largest absolute Gasteiger partial charge is 0.496 e. The van der Waals surface area contributed by atoms with Crippen molar-refractivity contribution in [2.24, 2.45) is 0 Å². The number of hydrogen-bond donors (Lipinski definition) is 1. The number of anilines is 2. The average molecular weight is 424 g/mol. The number of rotatable bonds is 4. The number of nitrogens with two attached hydrogens (primary N) is 1. The van der Waals surface area contributed by atoms with E-state index in [0.29, 0.717) is 24.5 Å². The van der Waals surface area contributed by atoms with E-state index < -0.39 is 5.92 Å². The number of pyridine rings is 1. The lowest BCUT2D eigenvalue weighted by Gasteiger charge is -2.34. The first-order valence-electron chi connectivity index (χ1n) is 9.56. The van der Waals surface area contributed by atoms with E-state index >= 15 is 0 Å². The van der Waals surface area contributed by atoms with E-state index in [1.807, 2.05) is 49.1 Å². The van der Waals surface area contributed by atoms with Crippen LogP contribution >= 0.6 is 11.6 Å². The summed E-state index contributed by atoms with van der Waals surface area (Å²) < 4.78 is 5.54. The SMILES string of the molecule is COc1c(C)cnc(CN2CC(c3ccccc3)C(=O)c3c(Cl)nc(N)nc32)c1C. The van der Waals surface area contributed by atoms with Gasteiger partial charge in [0.25, 0.3) is 0 Å². The third-order valence-corrected chi connectivity index (χ3v) is 5.69. The van der Waals surface area contributed by atoms with Crippen LogP contribution < -0.4 is 15.4 Å². The molecule has 1 atom stereocenters. The highest BCUT2D eigenvalue weighted by atomic mass is 35.5. The highest BCUT2D eigenvalue weighted by Crippen LogP contribution is 2.38. The molecule has 4 rings (SSSR count). The van der Waals surface area contributed by atoms with E-state index in [1.165, 1.54) is 0 Å². The minimum atomic E-state index is -0.393. The molecule has 3 aromatic rings.